The summed E-state index contributed by atoms with van der Waals surface area (Å²) in [6.45, 7) is 10.1. The molecule has 3 aromatic carbocycles. The summed E-state index contributed by atoms with van der Waals surface area (Å²) < 4.78 is 15.2. The third-order valence-electron chi connectivity index (χ3n) is 9.70. The Morgan fingerprint density at radius 3 is 2.33 bits per heavy atom. The fourth-order valence-corrected chi connectivity index (χ4v) is 7.16. The first-order valence-corrected chi connectivity index (χ1v) is 18.1. The summed E-state index contributed by atoms with van der Waals surface area (Å²) in [7, 11) is 0. The van der Waals surface area contributed by atoms with Crippen molar-refractivity contribution < 1.29 is 9.15 Å². The van der Waals surface area contributed by atoms with Crippen molar-refractivity contribution in [2.24, 2.45) is 0 Å². The van der Waals surface area contributed by atoms with Gasteiger partial charge in [-0.05, 0) is 80.6 Å². The minimum absolute atomic E-state index is 0.0233. The van der Waals surface area contributed by atoms with Gasteiger partial charge in [0, 0.05) is 32.6 Å². The Morgan fingerprint density at radius 2 is 1.53 bits per heavy atom. The van der Waals surface area contributed by atoms with E-state index < -0.39 is 0 Å². The zero-order chi connectivity index (χ0) is 33.3. The van der Waals surface area contributed by atoms with E-state index >= 15 is 0 Å². The van der Waals surface area contributed by atoms with Crippen molar-refractivity contribution in [3.8, 4) is 5.75 Å². The maximum Gasteiger partial charge on any atom is 0.220 e. The molecule has 2 aliphatic heterocycles. The first-order chi connectivity index (χ1) is 24.2. The molecule has 4 heterocycles. The van der Waals surface area contributed by atoms with Gasteiger partial charge in [0.15, 0.2) is 0 Å². The molecule has 0 spiro atoms. The van der Waals surface area contributed by atoms with E-state index in [9.17, 15) is 0 Å². The van der Waals surface area contributed by atoms with Gasteiger partial charge in [-0.3, -0.25) is 14.5 Å². The Labute approximate surface area is 290 Å². The largest absolute Gasteiger partial charge is 0.492 e. The Morgan fingerprint density at radius 1 is 0.796 bits per heavy atom. The molecule has 9 heteroatoms. The molecule has 2 aliphatic rings. The van der Waals surface area contributed by atoms with E-state index in [2.05, 4.69) is 123 Å². The molecule has 1 fully saturated rings. The Bertz CT molecular complexity index is 1730. The van der Waals surface area contributed by atoms with Gasteiger partial charge in [-0.15, -0.1) is 5.10 Å². The van der Waals surface area contributed by atoms with Gasteiger partial charge >= 0.3 is 0 Å². The molecule has 49 heavy (non-hydrogen) atoms. The quantitative estimate of drug-likeness (QED) is 0.146. The molecule has 256 valence electrons. The number of benzene rings is 3. The van der Waals surface area contributed by atoms with Gasteiger partial charge in [-0.1, -0.05) is 84.9 Å². The lowest BCUT2D eigenvalue weighted by Gasteiger charge is -2.29. The van der Waals surface area contributed by atoms with E-state index in [1.807, 2.05) is 4.68 Å². The highest BCUT2D eigenvalue weighted by Gasteiger charge is 2.29. The molecule has 5 aromatic rings. The highest BCUT2D eigenvalue weighted by atomic mass is 16.5. The van der Waals surface area contributed by atoms with Crippen LogP contribution in [0.2, 0.25) is 0 Å². The summed E-state index contributed by atoms with van der Waals surface area (Å²) in [6, 6.07) is 29.8. The van der Waals surface area contributed by atoms with Crippen LogP contribution in [0.1, 0.15) is 79.0 Å². The molecule has 1 unspecified atom stereocenters. The van der Waals surface area contributed by atoms with Crippen LogP contribution in [0.4, 0.5) is 5.88 Å². The predicted octanol–water partition coefficient (Wildman–Crippen LogP) is 7.29. The first-order valence-electron chi connectivity index (χ1n) is 18.1. The molecule has 0 saturated carbocycles. The summed E-state index contributed by atoms with van der Waals surface area (Å²) in [4.78, 5) is 12.7. The number of aryl methyl sites for hydroxylation is 1. The smallest absolute Gasteiger partial charge is 0.220 e. The Hall–Kier alpha value is -4.47. The number of fused-ring (bicyclic) bond motifs is 4. The van der Waals surface area contributed by atoms with Crippen LogP contribution in [0.5, 0.6) is 5.75 Å². The minimum atomic E-state index is 0.0233. The van der Waals surface area contributed by atoms with E-state index in [0.29, 0.717) is 19.5 Å². The second kappa shape index (κ2) is 16.3. The number of hydrogen-bond donors (Lipinski definition) is 0. The molecule has 0 N–H and O–H groups in total. The van der Waals surface area contributed by atoms with Gasteiger partial charge in [-0.25, -0.2) is 4.98 Å². The number of anilines is 1. The maximum atomic E-state index is 6.95. The molecule has 0 aliphatic carbocycles. The van der Waals surface area contributed by atoms with Crippen molar-refractivity contribution in [3.05, 3.63) is 125 Å². The maximum absolute atomic E-state index is 6.95. The summed E-state index contributed by atoms with van der Waals surface area (Å²) in [5.74, 6) is 2.52. The molecule has 1 atom stereocenters. The van der Waals surface area contributed by atoms with E-state index in [-0.39, 0.29) is 6.04 Å². The monoisotopic (exact) mass is 659 g/mol. The zero-order valence-electron chi connectivity index (χ0n) is 28.8. The van der Waals surface area contributed by atoms with E-state index in [1.54, 1.807) is 0 Å². The fraction of sp³-hybridized carbons (Fsp3) is 0.425. The minimum Gasteiger partial charge on any atom is -0.492 e. The fourth-order valence-electron chi connectivity index (χ4n) is 7.16. The molecule has 1 saturated heterocycles. The SMILES string of the molecule is CCC1c2nc(Cc3ccccc3)c(o2)N(Cc2ccccc2)Cc2cn(nn2)CCCCN1Cc1cccc(OCCN2CCCC2)c1. The molecule has 7 rings (SSSR count). The summed E-state index contributed by atoms with van der Waals surface area (Å²) in [5, 5.41) is 9.07. The standard InChI is InChI=1S/C40H49N7O2/c1-2-38-39-41-37(27-32-14-5-3-6-15-32)40(49-39)46(28-33-16-7-4-8-17-33)30-35-31-47(43-42-35)23-12-11-22-45(38)29-34-18-13-19-36(26-34)48-25-24-44-20-9-10-21-44/h3-8,13-19,26,31,38H,2,9-12,20-25,27-30H2,1H3. The van der Waals surface area contributed by atoms with Crippen LogP contribution in [0, 0.1) is 0 Å². The molecular weight excluding hydrogens is 610 g/mol. The molecule has 2 aromatic heterocycles. The molecule has 4 bridgehead atoms. The van der Waals surface area contributed by atoms with Crippen molar-refractivity contribution >= 4 is 5.88 Å². The first kappa shape index (κ1) is 33.0. The van der Waals surface area contributed by atoms with Crippen molar-refractivity contribution in [2.45, 2.75) is 77.7 Å². The lowest BCUT2D eigenvalue weighted by atomic mass is 10.1. The average molecular weight is 660 g/mol. The van der Waals surface area contributed by atoms with Crippen molar-refractivity contribution in [2.75, 3.05) is 37.7 Å². The van der Waals surface area contributed by atoms with Crippen LogP contribution in [-0.2, 0) is 32.6 Å². The second-order valence-corrected chi connectivity index (χ2v) is 13.4. The van der Waals surface area contributed by atoms with Gasteiger partial charge in [0.25, 0.3) is 0 Å². The van der Waals surface area contributed by atoms with Gasteiger partial charge in [-0.2, -0.15) is 0 Å². The van der Waals surface area contributed by atoms with E-state index in [0.717, 1.165) is 81.0 Å². The number of rotatable bonds is 11. The van der Waals surface area contributed by atoms with Crippen LogP contribution in [0.3, 0.4) is 0 Å². The number of likely N-dealkylation sites (tertiary alicyclic amines) is 1. The molecular formula is C40H49N7O2. The van der Waals surface area contributed by atoms with Gasteiger partial charge < -0.3 is 14.1 Å². The normalized spacial score (nSPS) is 17.7. The van der Waals surface area contributed by atoms with Gasteiger partial charge in [0.1, 0.15) is 23.7 Å². The highest BCUT2D eigenvalue weighted by molar-refractivity contribution is 5.45. The average Bonchev–Trinajstić information content (AvgIpc) is 3.90. The highest BCUT2D eigenvalue weighted by Crippen LogP contribution is 2.34. The topological polar surface area (TPSA) is 75.7 Å². The lowest BCUT2D eigenvalue weighted by molar-refractivity contribution is 0.152. The van der Waals surface area contributed by atoms with Crippen molar-refractivity contribution in [3.63, 3.8) is 0 Å². The van der Waals surface area contributed by atoms with E-state index in [4.69, 9.17) is 14.1 Å². The Balaban J connectivity index is 1.20. The van der Waals surface area contributed by atoms with Crippen molar-refractivity contribution in [1.29, 1.82) is 0 Å². The molecule has 0 radical (unpaired) electrons. The third kappa shape index (κ3) is 8.77. The Kier molecular flexibility index (Phi) is 11.0. The van der Waals surface area contributed by atoms with Crippen LogP contribution in [0.25, 0.3) is 0 Å². The predicted molar refractivity (Wildman–Crippen MR) is 192 cm³/mol. The zero-order valence-corrected chi connectivity index (χ0v) is 28.8. The van der Waals surface area contributed by atoms with Gasteiger partial charge in [0.2, 0.25) is 11.8 Å². The number of aromatic nitrogens is 4. The van der Waals surface area contributed by atoms with Crippen LogP contribution in [0.15, 0.2) is 95.5 Å². The lowest BCUT2D eigenvalue weighted by Crippen LogP contribution is -2.30. The third-order valence-corrected chi connectivity index (χ3v) is 9.70. The summed E-state index contributed by atoms with van der Waals surface area (Å²) in [5.41, 5.74) is 5.52. The van der Waals surface area contributed by atoms with Crippen LogP contribution < -0.4 is 9.64 Å². The number of hydrogen-bond acceptors (Lipinski definition) is 8. The second-order valence-electron chi connectivity index (χ2n) is 13.4. The van der Waals surface area contributed by atoms with Crippen molar-refractivity contribution in [1.82, 2.24) is 29.8 Å². The number of nitrogens with zero attached hydrogens (tertiary/aromatic N) is 7. The van der Waals surface area contributed by atoms with Crippen LogP contribution in [-0.4, -0.2) is 62.6 Å². The molecule has 0 amide bonds. The number of oxazole rings is 1. The van der Waals surface area contributed by atoms with Gasteiger partial charge in [0.05, 0.1) is 18.8 Å². The van der Waals surface area contributed by atoms with E-state index in [1.165, 1.54) is 42.6 Å². The number of ether oxygens (including phenoxy) is 1. The van der Waals surface area contributed by atoms with Crippen LogP contribution >= 0.6 is 0 Å². The summed E-state index contributed by atoms with van der Waals surface area (Å²) in [6.07, 6.45) is 8.30. The molecule has 9 nitrogen and oxygen atoms in total. The summed E-state index contributed by atoms with van der Waals surface area (Å²) >= 11 is 0.